The van der Waals surface area contributed by atoms with Crippen LogP contribution in [0, 0.1) is 0 Å². The van der Waals surface area contributed by atoms with Gasteiger partial charge in [0.05, 0.1) is 16.7 Å². The van der Waals surface area contributed by atoms with Crippen molar-refractivity contribution in [3.05, 3.63) is 59.2 Å². The number of ether oxygens (including phenoxy) is 1. The molecule has 1 aliphatic heterocycles. The number of fused-ring (bicyclic) bond motifs is 1. The highest BCUT2D eigenvalue weighted by molar-refractivity contribution is 6.15. The van der Waals surface area contributed by atoms with Crippen molar-refractivity contribution in [2.24, 2.45) is 0 Å². The molecule has 106 valence electrons. The molecule has 3 rings (SSSR count). The van der Waals surface area contributed by atoms with Gasteiger partial charge in [0.25, 0.3) is 0 Å². The van der Waals surface area contributed by atoms with Crippen molar-refractivity contribution in [1.82, 2.24) is 0 Å². The van der Waals surface area contributed by atoms with Crippen LogP contribution in [0.3, 0.4) is 0 Å². The molecule has 0 radical (unpaired) electrons. The molecule has 1 heterocycles. The van der Waals surface area contributed by atoms with Gasteiger partial charge in [-0.15, -0.1) is 0 Å². The van der Waals surface area contributed by atoms with Gasteiger partial charge in [-0.3, -0.25) is 0 Å². The Kier molecular flexibility index (Phi) is 2.83. The van der Waals surface area contributed by atoms with Gasteiger partial charge in [-0.2, -0.15) is 13.2 Å². The van der Waals surface area contributed by atoms with Crippen LogP contribution in [0.2, 0.25) is 0 Å². The van der Waals surface area contributed by atoms with Gasteiger partial charge in [0, 0.05) is 0 Å². The molecule has 21 heavy (non-hydrogen) atoms. The smallest absolute Gasteiger partial charge is 0.386 e. The second-order valence-electron chi connectivity index (χ2n) is 4.48. The molecule has 0 saturated heterocycles. The fourth-order valence-corrected chi connectivity index (χ4v) is 2.23. The highest BCUT2D eigenvalue weighted by Crippen LogP contribution is 2.37. The lowest BCUT2D eigenvalue weighted by Crippen LogP contribution is -2.07. The molecule has 6 heteroatoms. The molecule has 0 unspecified atom stereocenters. The molecule has 0 atom stereocenters. The summed E-state index contributed by atoms with van der Waals surface area (Å²) in [6, 6.07) is 8.94. The number of hydrogen-bond acceptors (Lipinski definition) is 3. The Bertz CT molecular complexity index is 763. The number of benzene rings is 2. The summed E-state index contributed by atoms with van der Waals surface area (Å²) in [5.41, 5.74) is -0.612. The molecule has 0 bridgehead atoms. The quantitative estimate of drug-likeness (QED) is 0.595. The van der Waals surface area contributed by atoms with Gasteiger partial charge in [-0.1, -0.05) is 24.3 Å². The molecule has 2 aromatic carbocycles. The summed E-state index contributed by atoms with van der Waals surface area (Å²) in [6.45, 7) is 0. The Morgan fingerprint density at radius 3 is 2.19 bits per heavy atom. The van der Waals surface area contributed by atoms with Crippen molar-refractivity contribution < 1.29 is 27.5 Å². The van der Waals surface area contributed by atoms with Crippen molar-refractivity contribution in [2.75, 3.05) is 0 Å². The topological polar surface area (TPSA) is 43.4 Å². The van der Waals surface area contributed by atoms with Gasteiger partial charge < -0.3 is 4.74 Å². The zero-order chi connectivity index (χ0) is 15.2. The van der Waals surface area contributed by atoms with Gasteiger partial charge in [0.2, 0.25) is 0 Å². The second kappa shape index (κ2) is 4.44. The Hall–Kier alpha value is -2.63. The average molecular weight is 292 g/mol. The minimum atomic E-state index is -4.51. The van der Waals surface area contributed by atoms with Crippen LogP contribution in [0.25, 0.3) is 11.1 Å². The van der Waals surface area contributed by atoms with Crippen LogP contribution in [0.1, 0.15) is 26.3 Å². The predicted molar refractivity (Wildman–Crippen MR) is 66.6 cm³/mol. The lowest BCUT2D eigenvalue weighted by atomic mass is 9.96. The molecule has 0 spiro atoms. The third-order valence-corrected chi connectivity index (χ3v) is 3.19. The van der Waals surface area contributed by atoms with Crippen LogP contribution in [-0.2, 0) is 10.9 Å². The Balaban J connectivity index is 2.18. The van der Waals surface area contributed by atoms with Crippen LogP contribution in [0.5, 0.6) is 0 Å². The van der Waals surface area contributed by atoms with Crippen LogP contribution in [0.4, 0.5) is 13.2 Å². The maximum atomic E-state index is 13.0. The third-order valence-electron chi connectivity index (χ3n) is 3.19. The van der Waals surface area contributed by atoms with E-state index in [0.717, 1.165) is 6.07 Å². The summed E-state index contributed by atoms with van der Waals surface area (Å²) in [6.07, 6.45) is -4.51. The van der Waals surface area contributed by atoms with E-state index in [0.29, 0.717) is 0 Å². The van der Waals surface area contributed by atoms with Gasteiger partial charge in [0.15, 0.2) is 0 Å². The van der Waals surface area contributed by atoms with Gasteiger partial charge in [-0.05, 0) is 29.3 Å². The molecule has 0 saturated carbocycles. The van der Waals surface area contributed by atoms with Crippen LogP contribution < -0.4 is 0 Å². The highest BCUT2D eigenvalue weighted by Gasteiger charge is 2.34. The number of halogens is 3. The maximum absolute atomic E-state index is 13.0. The van der Waals surface area contributed by atoms with Crippen molar-refractivity contribution in [3.63, 3.8) is 0 Å². The van der Waals surface area contributed by atoms with E-state index in [1.165, 1.54) is 36.4 Å². The van der Waals surface area contributed by atoms with E-state index in [-0.39, 0.29) is 22.3 Å². The fourth-order valence-electron chi connectivity index (χ4n) is 2.23. The number of carbonyl (C=O) groups is 2. The molecule has 0 fully saturated rings. The number of carbonyl (C=O) groups excluding carboxylic acids is 2. The first-order valence-electron chi connectivity index (χ1n) is 5.95. The minimum absolute atomic E-state index is 0.0190. The van der Waals surface area contributed by atoms with Crippen LogP contribution >= 0.6 is 0 Å². The zero-order valence-corrected chi connectivity index (χ0v) is 10.4. The van der Waals surface area contributed by atoms with E-state index in [9.17, 15) is 22.8 Å². The number of hydrogen-bond donors (Lipinski definition) is 0. The van der Waals surface area contributed by atoms with Crippen molar-refractivity contribution in [3.8, 4) is 11.1 Å². The molecule has 3 nitrogen and oxygen atoms in total. The summed E-state index contributed by atoms with van der Waals surface area (Å²) < 4.78 is 43.4. The first-order chi connectivity index (χ1) is 9.88. The monoisotopic (exact) mass is 292 g/mol. The van der Waals surface area contributed by atoms with Crippen molar-refractivity contribution >= 4 is 11.9 Å². The van der Waals surface area contributed by atoms with E-state index in [2.05, 4.69) is 4.74 Å². The SMILES string of the molecule is O=C1OC(=O)c2cc(-c3ccccc3C(F)(F)F)ccc21. The van der Waals surface area contributed by atoms with Gasteiger partial charge in [0.1, 0.15) is 0 Å². The molecule has 0 N–H and O–H groups in total. The normalized spacial score (nSPS) is 14.0. The summed E-state index contributed by atoms with van der Waals surface area (Å²) >= 11 is 0. The molecule has 2 aromatic rings. The van der Waals surface area contributed by atoms with Crippen molar-refractivity contribution in [2.45, 2.75) is 6.18 Å². The molecule has 0 aliphatic carbocycles. The van der Waals surface area contributed by atoms with Crippen molar-refractivity contribution in [1.29, 1.82) is 0 Å². The number of alkyl halides is 3. The molecular formula is C15H7F3O3. The summed E-state index contributed by atoms with van der Waals surface area (Å²) in [5, 5.41) is 0. The largest absolute Gasteiger partial charge is 0.417 e. The predicted octanol–water partition coefficient (Wildman–Crippen LogP) is 3.68. The third kappa shape index (κ3) is 2.18. The first kappa shape index (κ1) is 13.4. The maximum Gasteiger partial charge on any atom is 0.417 e. The minimum Gasteiger partial charge on any atom is -0.386 e. The second-order valence-corrected chi connectivity index (χ2v) is 4.48. The summed E-state index contributed by atoms with van der Waals surface area (Å²) in [5.74, 6) is -1.63. The lowest BCUT2D eigenvalue weighted by Gasteiger charge is -2.13. The van der Waals surface area contributed by atoms with Gasteiger partial charge >= 0.3 is 18.1 Å². The van der Waals surface area contributed by atoms with E-state index in [1.54, 1.807) is 0 Å². The molecule has 1 aliphatic rings. The standard InChI is InChI=1S/C15H7F3O3/c16-15(17,18)12-4-2-1-3-9(12)8-5-6-10-11(7-8)14(20)21-13(10)19/h1-7H. The first-order valence-corrected chi connectivity index (χ1v) is 5.95. The van der Waals surface area contributed by atoms with Crippen LogP contribution in [-0.4, -0.2) is 11.9 Å². The Morgan fingerprint density at radius 2 is 1.48 bits per heavy atom. The fraction of sp³-hybridized carbons (Fsp3) is 0.0667. The molecule has 0 amide bonds. The van der Waals surface area contributed by atoms with E-state index in [1.807, 2.05) is 0 Å². The molecular weight excluding hydrogens is 285 g/mol. The Morgan fingerprint density at radius 1 is 0.810 bits per heavy atom. The summed E-state index contributed by atoms with van der Waals surface area (Å²) in [7, 11) is 0. The lowest BCUT2D eigenvalue weighted by molar-refractivity contribution is -0.137. The average Bonchev–Trinajstić information content (AvgIpc) is 2.73. The number of esters is 2. The zero-order valence-electron chi connectivity index (χ0n) is 10.4. The summed E-state index contributed by atoms with van der Waals surface area (Å²) in [4.78, 5) is 22.8. The Labute approximate surface area is 117 Å². The van der Waals surface area contributed by atoms with Crippen LogP contribution in [0.15, 0.2) is 42.5 Å². The number of cyclic esters (lactones) is 2. The van der Waals surface area contributed by atoms with Gasteiger partial charge in [-0.25, -0.2) is 9.59 Å². The van der Waals surface area contributed by atoms with E-state index >= 15 is 0 Å². The van der Waals surface area contributed by atoms with E-state index in [4.69, 9.17) is 0 Å². The van der Waals surface area contributed by atoms with E-state index < -0.39 is 23.7 Å². The molecule has 0 aromatic heterocycles. The number of rotatable bonds is 1. The highest BCUT2D eigenvalue weighted by atomic mass is 19.4.